The summed E-state index contributed by atoms with van der Waals surface area (Å²) in [4.78, 5) is 40.5. The Labute approximate surface area is 179 Å². The Bertz CT molecular complexity index is 1110. The van der Waals surface area contributed by atoms with Gasteiger partial charge in [-0.1, -0.05) is 30.4 Å². The Hall–Kier alpha value is -3.45. The highest BCUT2D eigenvalue weighted by Crippen LogP contribution is 2.52. The van der Waals surface area contributed by atoms with Crippen LogP contribution in [0, 0.1) is 18.8 Å². The molecule has 7 heteroatoms. The molecule has 3 aliphatic heterocycles. The number of benzene rings is 2. The molecule has 0 spiro atoms. The quantitative estimate of drug-likeness (QED) is 0.595. The number of nitrogens with zero attached hydrogens (tertiary/aromatic N) is 1. The number of para-hydroxylation sites is 1. The summed E-state index contributed by atoms with van der Waals surface area (Å²) in [7, 11) is 1.56. The van der Waals surface area contributed by atoms with Crippen molar-refractivity contribution < 1.29 is 23.9 Å². The summed E-state index contributed by atoms with van der Waals surface area (Å²) in [5, 5.41) is 2.87. The van der Waals surface area contributed by atoms with Gasteiger partial charge in [-0.15, -0.1) is 0 Å². The van der Waals surface area contributed by atoms with Crippen LogP contribution in [0.5, 0.6) is 5.75 Å². The van der Waals surface area contributed by atoms with Crippen LogP contribution in [0.3, 0.4) is 0 Å². The normalized spacial score (nSPS) is 28.2. The predicted molar refractivity (Wildman–Crippen MR) is 113 cm³/mol. The first kappa shape index (κ1) is 19.5. The highest BCUT2D eigenvalue weighted by atomic mass is 16.5. The van der Waals surface area contributed by atoms with Crippen molar-refractivity contribution in [2.24, 2.45) is 11.8 Å². The molecule has 3 amide bonds. The molecule has 0 saturated carbocycles. The molecule has 3 heterocycles. The van der Waals surface area contributed by atoms with Gasteiger partial charge in [-0.3, -0.25) is 14.4 Å². The second-order valence-corrected chi connectivity index (χ2v) is 8.11. The minimum atomic E-state index is -1.03. The third kappa shape index (κ3) is 2.88. The molecule has 2 aromatic rings. The van der Waals surface area contributed by atoms with Gasteiger partial charge in [-0.25, -0.2) is 4.90 Å². The second-order valence-electron chi connectivity index (χ2n) is 8.11. The van der Waals surface area contributed by atoms with Gasteiger partial charge in [0.25, 0.3) is 5.91 Å². The Morgan fingerprint density at radius 3 is 2.58 bits per heavy atom. The second kappa shape index (κ2) is 7.06. The number of rotatable bonds is 5. The number of carbonyl (C=O) groups is 3. The Morgan fingerprint density at radius 1 is 1.13 bits per heavy atom. The van der Waals surface area contributed by atoms with Gasteiger partial charge in [0.1, 0.15) is 11.4 Å². The fourth-order valence-corrected chi connectivity index (χ4v) is 4.82. The van der Waals surface area contributed by atoms with Crippen LogP contribution in [-0.4, -0.2) is 43.1 Å². The molecular formula is C24H22N2O5. The van der Waals surface area contributed by atoms with Crippen molar-refractivity contribution in [1.82, 2.24) is 5.32 Å². The lowest BCUT2D eigenvalue weighted by Crippen LogP contribution is -2.48. The van der Waals surface area contributed by atoms with Crippen LogP contribution < -0.4 is 15.0 Å². The molecule has 7 nitrogen and oxygen atoms in total. The Balaban J connectivity index is 1.38. The van der Waals surface area contributed by atoms with Gasteiger partial charge < -0.3 is 14.8 Å². The third-order valence-electron chi connectivity index (χ3n) is 6.39. The van der Waals surface area contributed by atoms with E-state index < -0.39 is 23.5 Å². The van der Waals surface area contributed by atoms with Gasteiger partial charge in [-0.05, 0) is 42.8 Å². The molecule has 2 bridgehead atoms. The van der Waals surface area contributed by atoms with E-state index in [1.54, 1.807) is 37.4 Å². The highest BCUT2D eigenvalue weighted by molar-refractivity contribution is 6.23. The first-order chi connectivity index (χ1) is 14.9. The maximum atomic E-state index is 13.4. The summed E-state index contributed by atoms with van der Waals surface area (Å²) >= 11 is 0. The summed E-state index contributed by atoms with van der Waals surface area (Å²) < 4.78 is 11.2. The van der Waals surface area contributed by atoms with Crippen LogP contribution >= 0.6 is 0 Å². The van der Waals surface area contributed by atoms with Crippen molar-refractivity contribution in [3.63, 3.8) is 0 Å². The number of ether oxygens (including phenoxy) is 2. The minimum absolute atomic E-state index is 0.104. The number of nitrogens with one attached hydrogen (secondary N) is 1. The van der Waals surface area contributed by atoms with Crippen LogP contribution in [0.2, 0.25) is 0 Å². The molecule has 2 aromatic carbocycles. The number of hydrogen-bond acceptors (Lipinski definition) is 5. The lowest BCUT2D eigenvalue weighted by Gasteiger charge is -2.29. The predicted octanol–water partition coefficient (Wildman–Crippen LogP) is 2.25. The molecular weight excluding hydrogens is 396 g/mol. The first-order valence-electron chi connectivity index (χ1n) is 10.2. The van der Waals surface area contributed by atoms with E-state index in [1.807, 2.05) is 37.3 Å². The van der Waals surface area contributed by atoms with Crippen LogP contribution in [0.1, 0.15) is 15.9 Å². The SMILES string of the molecule is COc1ccc(C(=O)NC[C@@]23C=C[C@H](O2)[C@@H]2C(=O)N(c4ccccc4C)C(=O)[C@@H]23)cc1. The maximum Gasteiger partial charge on any atom is 0.251 e. The van der Waals surface area contributed by atoms with Crippen LogP contribution in [0.4, 0.5) is 5.69 Å². The van der Waals surface area contributed by atoms with Crippen molar-refractivity contribution in [2.75, 3.05) is 18.6 Å². The molecule has 0 unspecified atom stereocenters. The lowest BCUT2D eigenvalue weighted by atomic mass is 9.77. The summed E-state index contributed by atoms with van der Waals surface area (Å²) in [6.07, 6.45) is 3.18. The van der Waals surface area contributed by atoms with Crippen molar-refractivity contribution in [2.45, 2.75) is 18.6 Å². The summed E-state index contributed by atoms with van der Waals surface area (Å²) in [6, 6.07) is 14.1. The van der Waals surface area contributed by atoms with Crippen LogP contribution in [-0.2, 0) is 14.3 Å². The molecule has 0 aliphatic carbocycles. The molecule has 4 atom stereocenters. The highest BCUT2D eigenvalue weighted by Gasteiger charge is 2.67. The summed E-state index contributed by atoms with van der Waals surface area (Å²) in [6.45, 7) is 1.98. The topological polar surface area (TPSA) is 84.9 Å². The molecule has 3 aliphatic rings. The summed E-state index contributed by atoms with van der Waals surface area (Å²) in [5.74, 6) is -1.39. The number of imide groups is 1. The van der Waals surface area contributed by atoms with Crippen molar-refractivity contribution in [3.8, 4) is 5.75 Å². The van der Waals surface area contributed by atoms with E-state index in [9.17, 15) is 14.4 Å². The monoisotopic (exact) mass is 418 g/mol. The van der Waals surface area contributed by atoms with E-state index in [2.05, 4.69) is 5.32 Å². The van der Waals surface area contributed by atoms with Crippen molar-refractivity contribution >= 4 is 23.4 Å². The zero-order valence-electron chi connectivity index (χ0n) is 17.2. The number of anilines is 1. The van der Waals surface area contributed by atoms with E-state index in [4.69, 9.17) is 9.47 Å². The standard InChI is InChI=1S/C24H22N2O5/c1-14-5-3-4-6-17(14)26-22(28)19-18-11-12-24(31-18,20(19)23(26)29)13-25-21(27)15-7-9-16(30-2)10-8-15/h3-12,18-20H,13H2,1-2H3,(H,25,27)/t18-,19-,20+,24+/m0/s1. The molecule has 158 valence electrons. The number of aryl methyl sites for hydroxylation is 1. The lowest BCUT2D eigenvalue weighted by molar-refractivity contribution is -0.126. The van der Waals surface area contributed by atoms with Gasteiger partial charge in [0.2, 0.25) is 11.8 Å². The van der Waals surface area contributed by atoms with Gasteiger partial charge >= 0.3 is 0 Å². The molecule has 5 rings (SSSR count). The van der Waals surface area contributed by atoms with E-state index in [-0.39, 0.29) is 24.3 Å². The zero-order chi connectivity index (χ0) is 21.8. The third-order valence-corrected chi connectivity index (χ3v) is 6.39. The Kier molecular flexibility index (Phi) is 4.44. The number of hydrogen-bond donors (Lipinski definition) is 1. The number of amides is 3. The molecule has 2 fully saturated rings. The fraction of sp³-hybridized carbons (Fsp3) is 0.292. The molecule has 1 N–H and O–H groups in total. The molecule has 2 saturated heterocycles. The number of fused-ring (bicyclic) bond motifs is 5. The Morgan fingerprint density at radius 2 is 1.87 bits per heavy atom. The zero-order valence-corrected chi connectivity index (χ0v) is 17.2. The molecule has 31 heavy (non-hydrogen) atoms. The van der Waals surface area contributed by atoms with Gasteiger partial charge in [0.05, 0.1) is 37.3 Å². The summed E-state index contributed by atoms with van der Waals surface area (Å²) in [5.41, 5.74) is 0.901. The van der Waals surface area contributed by atoms with Gasteiger partial charge in [0, 0.05) is 5.56 Å². The van der Waals surface area contributed by atoms with Crippen LogP contribution in [0.15, 0.2) is 60.7 Å². The van der Waals surface area contributed by atoms with E-state index in [1.165, 1.54) is 4.90 Å². The number of methoxy groups -OCH3 is 1. The number of carbonyl (C=O) groups excluding carboxylic acids is 3. The van der Waals surface area contributed by atoms with E-state index >= 15 is 0 Å². The van der Waals surface area contributed by atoms with Crippen LogP contribution in [0.25, 0.3) is 0 Å². The van der Waals surface area contributed by atoms with Gasteiger partial charge in [-0.2, -0.15) is 0 Å². The average molecular weight is 418 g/mol. The van der Waals surface area contributed by atoms with Crippen molar-refractivity contribution in [1.29, 1.82) is 0 Å². The fourth-order valence-electron chi connectivity index (χ4n) is 4.82. The minimum Gasteiger partial charge on any atom is -0.497 e. The van der Waals surface area contributed by atoms with E-state index in [0.29, 0.717) is 17.0 Å². The smallest absolute Gasteiger partial charge is 0.251 e. The van der Waals surface area contributed by atoms with E-state index in [0.717, 1.165) is 5.56 Å². The van der Waals surface area contributed by atoms with Crippen molar-refractivity contribution in [3.05, 3.63) is 71.8 Å². The maximum absolute atomic E-state index is 13.4. The van der Waals surface area contributed by atoms with Gasteiger partial charge in [0.15, 0.2) is 0 Å². The largest absolute Gasteiger partial charge is 0.497 e. The first-order valence-corrected chi connectivity index (χ1v) is 10.2. The average Bonchev–Trinajstić information content (AvgIpc) is 3.43. The molecule has 0 radical (unpaired) electrons. The molecule has 0 aromatic heterocycles.